The number of hydrogen-bond donors (Lipinski definition) is 0. The number of nitrogens with zero attached hydrogens (tertiary/aromatic N) is 1. The Bertz CT molecular complexity index is 572. The van der Waals surface area contributed by atoms with Gasteiger partial charge < -0.3 is 14.4 Å². The fraction of sp³-hybridized carbons (Fsp3) is 0.529. The van der Waals surface area contributed by atoms with E-state index in [-0.39, 0.29) is 5.41 Å². The van der Waals surface area contributed by atoms with E-state index in [2.05, 4.69) is 52.2 Å². The van der Waals surface area contributed by atoms with E-state index < -0.39 is 0 Å². The lowest BCUT2D eigenvalue weighted by Gasteiger charge is -2.38. The summed E-state index contributed by atoms with van der Waals surface area (Å²) in [6.07, 6.45) is 8.30. The lowest BCUT2D eigenvalue weighted by atomic mass is 9.70. The van der Waals surface area contributed by atoms with Crippen molar-refractivity contribution in [2.45, 2.75) is 30.7 Å². The molecule has 0 radical (unpaired) electrons. The predicted molar refractivity (Wildman–Crippen MR) is 88.3 cm³/mol. The topological polar surface area (TPSA) is 21.7 Å². The molecule has 4 heteroatoms. The molecule has 1 fully saturated rings. The van der Waals surface area contributed by atoms with Crippen LogP contribution in [0.4, 0.5) is 0 Å². The first kappa shape index (κ1) is 14.9. The summed E-state index contributed by atoms with van der Waals surface area (Å²) in [5.41, 5.74) is 1.42. The summed E-state index contributed by atoms with van der Waals surface area (Å²) in [7, 11) is 5.61. The molecule has 1 aliphatic heterocycles. The quantitative estimate of drug-likeness (QED) is 0.774. The van der Waals surface area contributed by atoms with Gasteiger partial charge in [0.25, 0.3) is 0 Å². The van der Waals surface area contributed by atoms with Crippen LogP contribution in [-0.4, -0.2) is 38.8 Å². The first-order valence-corrected chi connectivity index (χ1v) is 8.21. The van der Waals surface area contributed by atoms with Gasteiger partial charge in [0.05, 0.1) is 18.7 Å². The second-order valence-electron chi connectivity index (χ2n) is 5.96. The van der Waals surface area contributed by atoms with E-state index in [1.165, 1.54) is 18.4 Å². The highest BCUT2D eigenvalue weighted by Crippen LogP contribution is 2.48. The number of likely N-dealkylation sites (tertiary alicyclic amines) is 1. The first-order valence-electron chi connectivity index (χ1n) is 7.42. The second kappa shape index (κ2) is 5.65. The number of ether oxygens (including phenoxy) is 2. The van der Waals surface area contributed by atoms with E-state index in [1.807, 2.05) is 0 Å². The van der Waals surface area contributed by atoms with Crippen LogP contribution in [0, 0.1) is 0 Å². The fourth-order valence-corrected chi connectivity index (χ4v) is 4.52. The molecule has 0 N–H and O–H groups in total. The number of rotatable bonds is 3. The van der Waals surface area contributed by atoms with E-state index in [0.717, 1.165) is 28.9 Å². The molecule has 2 aliphatic rings. The molecule has 0 aromatic heterocycles. The molecule has 1 saturated heterocycles. The zero-order chi connectivity index (χ0) is 15.0. The van der Waals surface area contributed by atoms with Crippen LogP contribution in [0.15, 0.2) is 28.8 Å². The molecule has 2 atom stereocenters. The molecule has 1 aliphatic carbocycles. The van der Waals surface area contributed by atoms with Crippen LogP contribution < -0.4 is 9.47 Å². The van der Waals surface area contributed by atoms with Crippen molar-refractivity contribution in [1.82, 2.24) is 4.90 Å². The normalized spacial score (nSPS) is 28.5. The molecule has 0 bridgehead atoms. The Hall–Kier alpha value is -1.00. The average molecular weight is 352 g/mol. The van der Waals surface area contributed by atoms with Crippen molar-refractivity contribution < 1.29 is 9.47 Å². The summed E-state index contributed by atoms with van der Waals surface area (Å²) >= 11 is 3.63. The molecule has 1 unspecified atom stereocenters. The Kier molecular flexibility index (Phi) is 4.02. The van der Waals surface area contributed by atoms with Crippen molar-refractivity contribution >= 4 is 15.9 Å². The minimum absolute atomic E-state index is 0.106. The molecule has 0 saturated carbocycles. The maximum atomic E-state index is 5.53. The minimum Gasteiger partial charge on any atom is -0.493 e. The van der Waals surface area contributed by atoms with Gasteiger partial charge in [-0.05, 0) is 66.5 Å². The largest absolute Gasteiger partial charge is 0.493 e. The smallest absolute Gasteiger partial charge is 0.174 e. The summed E-state index contributed by atoms with van der Waals surface area (Å²) in [5, 5.41) is 0. The van der Waals surface area contributed by atoms with E-state index in [4.69, 9.17) is 9.47 Å². The first-order chi connectivity index (χ1) is 10.1. The Morgan fingerprint density at radius 1 is 1.29 bits per heavy atom. The molecule has 114 valence electrons. The van der Waals surface area contributed by atoms with Crippen LogP contribution in [0.5, 0.6) is 11.5 Å². The standard InChI is InChI=1S/C17H22BrNO2/c1-19-9-8-17(7-5-4-6-15(17)19)12-10-13(18)16(21-3)14(11-12)20-2/h5,7,10-11,15H,4,6,8-9H2,1-3H3/t15?,17-/m0/s1. The van der Waals surface area contributed by atoms with E-state index in [0.29, 0.717) is 6.04 Å². The molecule has 0 amide bonds. The third-order valence-corrected chi connectivity index (χ3v) is 5.59. The number of allylic oxidation sites excluding steroid dienone is 1. The number of halogens is 1. The van der Waals surface area contributed by atoms with Crippen molar-refractivity contribution in [2.75, 3.05) is 27.8 Å². The SMILES string of the molecule is COc1cc([C@@]23C=CCCC2N(C)CC3)cc(Br)c1OC. The lowest BCUT2D eigenvalue weighted by Crippen LogP contribution is -2.41. The van der Waals surface area contributed by atoms with Gasteiger partial charge in [-0.15, -0.1) is 0 Å². The van der Waals surface area contributed by atoms with Crippen LogP contribution in [0.1, 0.15) is 24.8 Å². The third kappa shape index (κ3) is 2.29. The van der Waals surface area contributed by atoms with Crippen LogP contribution >= 0.6 is 15.9 Å². The minimum atomic E-state index is 0.106. The van der Waals surface area contributed by atoms with Gasteiger partial charge in [-0.1, -0.05) is 12.2 Å². The Morgan fingerprint density at radius 2 is 2.10 bits per heavy atom. The number of hydrogen-bond acceptors (Lipinski definition) is 3. The Morgan fingerprint density at radius 3 is 2.81 bits per heavy atom. The van der Waals surface area contributed by atoms with Gasteiger partial charge >= 0.3 is 0 Å². The Balaban J connectivity index is 2.13. The summed E-state index contributed by atoms with van der Waals surface area (Å²) < 4.78 is 11.9. The van der Waals surface area contributed by atoms with Crippen LogP contribution in [0.25, 0.3) is 0 Å². The maximum Gasteiger partial charge on any atom is 0.174 e. The monoisotopic (exact) mass is 351 g/mol. The summed E-state index contributed by atoms with van der Waals surface area (Å²) in [4.78, 5) is 2.49. The van der Waals surface area contributed by atoms with Gasteiger partial charge in [-0.3, -0.25) is 0 Å². The number of fused-ring (bicyclic) bond motifs is 1. The molecule has 21 heavy (non-hydrogen) atoms. The van der Waals surface area contributed by atoms with Gasteiger partial charge in [0, 0.05) is 11.5 Å². The number of methoxy groups -OCH3 is 2. The number of likely N-dealkylation sites (N-methyl/N-ethyl adjacent to an activating group) is 1. The van der Waals surface area contributed by atoms with Gasteiger partial charge in [0.15, 0.2) is 11.5 Å². The molecule has 1 heterocycles. The number of benzene rings is 1. The Labute approximate surface area is 135 Å². The van der Waals surface area contributed by atoms with Gasteiger partial charge in [0.1, 0.15) is 0 Å². The lowest BCUT2D eigenvalue weighted by molar-refractivity contribution is 0.248. The van der Waals surface area contributed by atoms with E-state index in [9.17, 15) is 0 Å². The zero-order valence-corrected chi connectivity index (χ0v) is 14.4. The van der Waals surface area contributed by atoms with Crippen LogP contribution in [0.3, 0.4) is 0 Å². The second-order valence-corrected chi connectivity index (χ2v) is 6.81. The molecule has 0 spiro atoms. The third-order valence-electron chi connectivity index (χ3n) is 5.00. The highest BCUT2D eigenvalue weighted by molar-refractivity contribution is 9.10. The van der Waals surface area contributed by atoms with Crippen LogP contribution in [0.2, 0.25) is 0 Å². The predicted octanol–water partition coefficient (Wildman–Crippen LogP) is 3.76. The summed E-state index contributed by atoms with van der Waals surface area (Å²) in [6, 6.07) is 4.92. The van der Waals surface area contributed by atoms with Crippen molar-refractivity contribution in [1.29, 1.82) is 0 Å². The van der Waals surface area contributed by atoms with Crippen molar-refractivity contribution in [3.63, 3.8) is 0 Å². The molecule has 3 rings (SSSR count). The van der Waals surface area contributed by atoms with Gasteiger partial charge in [-0.25, -0.2) is 0 Å². The summed E-state index contributed by atoms with van der Waals surface area (Å²) in [6.45, 7) is 1.14. The highest BCUT2D eigenvalue weighted by Gasteiger charge is 2.46. The molecule has 1 aromatic carbocycles. The fourth-order valence-electron chi connectivity index (χ4n) is 3.92. The van der Waals surface area contributed by atoms with Crippen LogP contribution in [-0.2, 0) is 5.41 Å². The van der Waals surface area contributed by atoms with Crippen molar-refractivity contribution in [2.24, 2.45) is 0 Å². The van der Waals surface area contributed by atoms with Crippen molar-refractivity contribution in [3.8, 4) is 11.5 Å². The zero-order valence-electron chi connectivity index (χ0n) is 12.9. The summed E-state index contributed by atoms with van der Waals surface area (Å²) in [5.74, 6) is 1.56. The molecule has 1 aromatic rings. The van der Waals surface area contributed by atoms with Crippen molar-refractivity contribution in [3.05, 3.63) is 34.3 Å². The van der Waals surface area contributed by atoms with Gasteiger partial charge in [0.2, 0.25) is 0 Å². The molecular formula is C17H22BrNO2. The van der Waals surface area contributed by atoms with Gasteiger partial charge in [-0.2, -0.15) is 0 Å². The average Bonchev–Trinajstić information content (AvgIpc) is 2.85. The van der Waals surface area contributed by atoms with E-state index >= 15 is 0 Å². The molecular weight excluding hydrogens is 330 g/mol. The van der Waals surface area contributed by atoms with E-state index in [1.54, 1.807) is 14.2 Å². The highest BCUT2D eigenvalue weighted by atomic mass is 79.9. The molecule has 3 nitrogen and oxygen atoms in total. The maximum absolute atomic E-state index is 5.53.